The lowest BCUT2D eigenvalue weighted by molar-refractivity contribution is 0.265. The van der Waals surface area contributed by atoms with E-state index in [1.807, 2.05) is 0 Å². The summed E-state index contributed by atoms with van der Waals surface area (Å²) in [6.07, 6.45) is 0.429. The van der Waals surface area contributed by atoms with Crippen LogP contribution in [0.15, 0.2) is 18.2 Å². The summed E-state index contributed by atoms with van der Waals surface area (Å²) in [5, 5.41) is 26.9. The lowest BCUT2D eigenvalue weighted by atomic mass is 10.1. The molecule has 0 aliphatic heterocycles. The molecule has 0 saturated carbocycles. The van der Waals surface area contributed by atoms with Crippen molar-refractivity contribution in [3.8, 4) is 11.5 Å². The maximum Gasteiger partial charge on any atom is 0.119 e. The summed E-state index contributed by atoms with van der Waals surface area (Å²) in [6.45, 7) is -0.115. The lowest BCUT2D eigenvalue weighted by Gasteiger charge is -2.08. The van der Waals surface area contributed by atoms with Crippen LogP contribution >= 0.6 is 12.4 Å². The molecule has 5 N–H and O–H groups in total. The minimum absolute atomic E-state index is 0. The third-order valence-electron chi connectivity index (χ3n) is 1.69. The molecule has 1 atom stereocenters. The van der Waals surface area contributed by atoms with Gasteiger partial charge in [-0.3, -0.25) is 0 Å². The molecule has 4 nitrogen and oxygen atoms in total. The third kappa shape index (κ3) is 3.83. The van der Waals surface area contributed by atoms with Crippen molar-refractivity contribution in [1.29, 1.82) is 0 Å². The molecule has 1 rings (SSSR count). The van der Waals surface area contributed by atoms with Gasteiger partial charge in [0.25, 0.3) is 0 Å². The highest BCUT2D eigenvalue weighted by atomic mass is 35.5. The van der Waals surface area contributed by atoms with Crippen LogP contribution in [0.1, 0.15) is 5.56 Å². The summed E-state index contributed by atoms with van der Waals surface area (Å²) in [4.78, 5) is 0. The average molecular weight is 220 g/mol. The molecule has 0 aliphatic rings. The Morgan fingerprint density at radius 2 is 1.64 bits per heavy atom. The van der Waals surface area contributed by atoms with Crippen LogP contribution in [0.2, 0.25) is 0 Å². The molecular weight excluding hydrogens is 206 g/mol. The summed E-state index contributed by atoms with van der Waals surface area (Å²) in [5.74, 6) is 0.000259. The first kappa shape index (κ1) is 13.0. The van der Waals surface area contributed by atoms with Gasteiger partial charge in [-0.15, -0.1) is 12.4 Å². The van der Waals surface area contributed by atoms with Crippen molar-refractivity contribution in [3.05, 3.63) is 23.8 Å². The molecule has 14 heavy (non-hydrogen) atoms. The Morgan fingerprint density at radius 3 is 2.07 bits per heavy atom. The van der Waals surface area contributed by atoms with Crippen LogP contribution in [-0.4, -0.2) is 28.0 Å². The van der Waals surface area contributed by atoms with E-state index in [2.05, 4.69) is 0 Å². The first-order chi connectivity index (χ1) is 6.11. The summed E-state index contributed by atoms with van der Waals surface area (Å²) < 4.78 is 0. The molecule has 1 aromatic rings. The van der Waals surface area contributed by atoms with E-state index in [9.17, 15) is 0 Å². The number of aromatic hydroxyl groups is 2. The number of phenolic OH excluding ortho intramolecular Hbond substituents is 2. The van der Waals surface area contributed by atoms with Crippen molar-refractivity contribution in [2.24, 2.45) is 5.73 Å². The Labute approximate surface area is 88.4 Å². The van der Waals surface area contributed by atoms with Crippen LogP contribution in [0, 0.1) is 0 Å². The van der Waals surface area contributed by atoms with Gasteiger partial charge in [-0.05, 0) is 24.1 Å². The highest BCUT2D eigenvalue weighted by Crippen LogP contribution is 2.20. The van der Waals surface area contributed by atoms with E-state index in [0.29, 0.717) is 12.0 Å². The number of rotatable bonds is 3. The lowest BCUT2D eigenvalue weighted by Crippen LogP contribution is -2.26. The van der Waals surface area contributed by atoms with E-state index in [4.69, 9.17) is 21.1 Å². The molecular formula is C9H14ClNO3. The van der Waals surface area contributed by atoms with Gasteiger partial charge < -0.3 is 21.1 Å². The van der Waals surface area contributed by atoms with Crippen molar-refractivity contribution < 1.29 is 15.3 Å². The van der Waals surface area contributed by atoms with Crippen LogP contribution in [0.5, 0.6) is 11.5 Å². The molecule has 0 fully saturated rings. The minimum Gasteiger partial charge on any atom is -0.508 e. The van der Waals surface area contributed by atoms with Crippen molar-refractivity contribution in [1.82, 2.24) is 0 Å². The van der Waals surface area contributed by atoms with Gasteiger partial charge in [-0.1, -0.05) is 0 Å². The van der Waals surface area contributed by atoms with E-state index in [-0.39, 0.29) is 36.6 Å². The number of aliphatic hydroxyl groups is 1. The maximum atomic E-state index is 9.12. The highest BCUT2D eigenvalue weighted by molar-refractivity contribution is 5.85. The number of nitrogens with two attached hydrogens (primary N) is 1. The smallest absolute Gasteiger partial charge is 0.119 e. The Bertz CT molecular complexity index is 273. The van der Waals surface area contributed by atoms with Gasteiger partial charge in [0, 0.05) is 12.1 Å². The Morgan fingerprint density at radius 1 is 1.14 bits per heavy atom. The molecule has 1 unspecified atom stereocenters. The molecule has 0 aromatic heterocycles. The molecule has 0 heterocycles. The normalized spacial score (nSPS) is 11.9. The summed E-state index contributed by atoms with van der Waals surface area (Å²) in [5.41, 5.74) is 6.20. The summed E-state index contributed by atoms with van der Waals surface area (Å²) in [6, 6.07) is 3.90. The molecule has 0 bridgehead atoms. The molecule has 0 radical (unpaired) electrons. The Balaban J connectivity index is 0.00000169. The zero-order valence-corrected chi connectivity index (χ0v) is 8.37. The minimum atomic E-state index is -0.360. The molecule has 0 saturated heterocycles. The summed E-state index contributed by atoms with van der Waals surface area (Å²) >= 11 is 0. The fourth-order valence-electron chi connectivity index (χ4n) is 1.14. The first-order valence-electron chi connectivity index (χ1n) is 4.00. The van der Waals surface area contributed by atoms with Gasteiger partial charge in [-0.2, -0.15) is 0 Å². The second-order valence-corrected chi connectivity index (χ2v) is 3.00. The van der Waals surface area contributed by atoms with Gasteiger partial charge in [0.15, 0.2) is 0 Å². The van der Waals surface area contributed by atoms with Crippen LogP contribution < -0.4 is 5.73 Å². The largest absolute Gasteiger partial charge is 0.508 e. The van der Waals surface area contributed by atoms with E-state index in [1.54, 1.807) is 0 Å². The monoisotopic (exact) mass is 219 g/mol. The standard InChI is InChI=1S/C9H13NO3.ClH/c10-7(5-11)1-6-2-8(12)4-9(13)3-6;/h2-4,7,11-13H,1,5,10H2;1H. The van der Waals surface area contributed by atoms with Crippen molar-refractivity contribution in [2.75, 3.05) is 6.61 Å². The number of phenols is 2. The van der Waals surface area contributed by atoms with Gasteiger partial charge in [-0.25, -0.2) is 0 Å². The van der Waals surface area contributed by atoms with Gasteiger partial charge >= 0.3 is 0 Å². The summed E-state index contributed by atoms with van der Waals surface area (Å²) in [7, 11) is 0. The zero-order valence-electron chi connectivity index (χ0n) is 7.55. The fourth-order valence-corrected chi connectivity index (χ4v) is 1.14. The fraction of sp³-hybridized carbons (Fsp3) is 0.333. The van der Waals surface area contributed by atoms with Crippen LogP contribution in [0.3, 0.4) is 0 Å². The molecule has 1 aromatic carbocycles. The van der Waals surface area contributed by atoms with Crippen LogP contribution in [-0.2, 0) is 6.42 Å². The number of benzene rings is 1. The van der Waals surface area contributed by atoms with E-state index < -0.39 is 0 Å². The van der Waals surface area contributed by atoms with Gasteiger partial charge in [0.2, 0.25) is 0 Å². The predicted molar refractivity (Wildman–Crippen MR) is 55.8 cm³/mol. The number of hydrogen-bond donors (Lipinski definition) is 4. The SMILES string of the molecule is Cl.NC(CO)Cc1cc(O)cc(O)c1. The van der Waals surface area contributed by atoms with Crippen LogP contribution in [0.25, 0.3) is 0 Å². The van der Waals surface area contributed by atoms with Crippen molar-refractivity contribution in [2.45, 2.75) is 12.5 Å². The first-order valence-corrected chi connectivity index (χ1v) is 4.00. The van der Waals surface area contributed by atoms with E-state index in [0.717, 1.165) is 0 Å². The molecule has 80 valence electrons. The zero-order chi connectivity index (χ0) is 9.84. The highest BCUT2D eigenvalue weighted by Gasteiger charge is 2.04. The van der Waals surface area contributed by atoms with Crippen molar-refractivity contribution >= 4 is 12.4 Å². The third-order valence-corrected chi connectivity index (χ3v) is 1.69. The number of aliphatic hydroxyl groups excluding tert-OH is 1. The molecule has 0 spiro atoms. The Kier molecular flexibility index (Phi) is 5.30. The second kappa shape index (κ2) is 5.70. The topological polar surface area (TPSA) is 86.7 Å². The number of hydrogen-bond acceptors (Lipinski definition) is 4. The Hall–Kier alpha value is -0.970. The predicted octanol–water partition coefficient (Wildman–Crippen LogP) is 0.382. The quantitative estimate of drug-likeness (QED) is 0.592. The molecule has 5 heteroatoms. The maximum absolute atomic E-state index is 9.12. The van der Waals surface area contributed by atoms with Gasteiger partial charge in [0.05, 0.1) is 6.61 Å². The molecule has 0 amide bonds. The van der Waals surface area contributed by atoms with E-state index >= 15 is 0 Å². The second-order valence-electron chi connectivity index (χ2n) is 3.00. The van der Waals surface area contributed by atoms with E-state index in [1.165, 1.54) is 18.2 Å². The van der Waals surface area contributed by atoms with Crippen LogP contribution in [0.4, 0.5) is 0 Å². The van der Waals surface area contributed by atoms with Crippen molar-refractivity contribution in [3.63, 3.8) is 0 Å². The molecule has 0 aliphatic carbocycles. The average Bonchev–Trinajstić information content (AvgIpc) is 2.02. The van der Waals surface area contributed by atoms with Gasteiger partial charge in [0.1, 0.15) is 11.5 Å². The number of halogens is 1.